The number of hydrogen-bond acceptors (Lipinski definition) is 6. The number of phenolic OH excluding ortho intramolecular Hbond substituents is 1. The van der Waals surface area contributed by atoms with E-state index in [0.29, 0.717) is 17.6 Å². The highest BCUT2D eigenvalue weighted by Gasteiger charge is 2.24. The molecular formula is C23H26N6O. The van der Waals surface area contributed by atoms with Crippen LogP contribution in [0.15, 0.2) is 42.6 Å². The molecule has 2 N–H and O–H groups in total. The molecule has 0 bridgehead atoms. The summed E-state index contributed by atoms with van der Waals surface area (Å²) in [6, 6.07) is 12.6. The van der Waals surface area contributed by atoms with Gasteiger partial charge in [0, 0.05) is 55.4 Å². The standard InChI is InChI=1S/C23H26N6O/c1-14(2)24-16-8-9-29(13-16)23-7-6-19-20(26-23)5-4-18(25-19)17-10-15-12-28(3)27-21(15)11-22(17)30/h4-7,10-12,14,16,24,30H,8-9,13H2,1-3H3/t16-/m1/s1. The van der Waals surface area contributed by atoms with E-state index in [-0.39, 0.29) is 5.75 Å². The van der Waals surface area contributed by atoms with Gasteiger partial charge >= 0.3 is 0 Å². The summed E-state index contributed by atoms with van der Waals surface area (Å²) in [4.78, 5) is 11.9. The minimum atomic E-state index is 0.179. The fraction of sp³-hybridized carbons (Fsp3) is 0.348. The highest BCUT2D eigenvalue weighted by atomic mass is 16.3. The van der Waals surface area contributed by atoms with E-state index < -0.39 is 0 Å². The third kappa shape index (κ3) is 3.45. The first kappa shape index (κ1) is 18.8. The number of hydrogen-bond donors (Lipinski definition) is 2. The number of anilines is 1. The lowest BCUT2D eigenvalue weighted by Gasteiger charge is -2.19. The number of aromatic hydroxyl groups is 1. The number of rotatable bonds is 4. The summed E-state index contributed by atoms with van der Waals surface area (Å²) in [6.45, 7) is 6.35. The monoisotopic (exact) mass is 402 g/mol. The van der Waals surface area contributed by atoms with Gasteiger partial charge in [-0.15, -0.1) is 0 Å². The van der Waals surface area contributed by atoms with Crippen LogP contribution in [0.25, 0.3) is 33.2 Å². The van der Waals surface area contributed by atoms with Crippen LogP contribution in [0.3, 0.4) is 0 Å². The molecule has 0 radical (unpaired) electrons. The fourth-order valence-electron chi connectivity index (χ4n) is 4.29. The molecule has 1 atom stereocenters. The highest BCUT2D eigenvalue weighted by molar-refractivity contribution is 5.88. The Morgan fingerprint density at radius 1 is 1.07 bits per heavy atom. The predicted octanol–water partition coefficient (Wildman–Crippen LogP) is 3.47. The number of benzene rings is 1. The molecule has 1 saturated heterocycles. The van der Waals surface area contributed by atoms with Crippen LogP contribution in [0.4, 0.5) is 5.82 Å². The van der Waals surface area contributed by atoms with Crippen LogP contribution < -0.4 is 10.2 Å². The second-order valence-corrected chi connectivity index (χ2v) is 8.39. The summed E-state index contributed by atoms with van der Waals surface area (Å²) >= 11 is 0. The van der Waals surface area contributed by atoms with Crippen LogP contribution >= 0.6 is 0 Å². The van der Waals surface area contributed by atoms with Gasteiger partial charge in [0.15, 0.2) is 0 Å². The molecule has 0 spiro atoms. The van der Waals surface area contributed by atoms with Crippen LogP contribution in [0.2, 0.25) is 0 Å². The number of fused-ring (bicyclic) bond motifs is 2. The Hall–Kier alpha value is -3.19. The van der Waals surface area contributed by atoms with Crippen molar-refractivity contribution in [3.63, 3.8) is 0 Å². The van der Waals surface area contributed by atoms with Crippen molar-refractivity contribution >= 4 is 27.8 Å². The second kappa shape index (κ2) is 7.25. The van der Waals surface area contributed by atoms with E-state index in [1.54, 1.807) is 10.7 Å². The molecule has 0 saturated carbocycles. The van der Waals surface area contributed by atoms with E-state index in [4.69, 9.17) is 9.97 Å². The maximum atomic E-state index is 10.5. The van der Waals surface area contributed by atoms with E-state index in [1.807, 2.05) is 43.6 Å². The Kier molecular flexibility index (Phi) is 4.55. The van der Waals surface area contributed by atoms with Gasteiger partial charge in [-0.2, -0.15) is 5.10 Å². The van der Waals surface area contributed by atoms with Gasteiger partial charge in [-0.1, -0.05) is 13.8 Å². The largest absolute Gasteiger partial charge is 0.507 e. The van der Waals surface area contributed by atoms with Gasteiger partial charge in [-0.25, -0.2) is 9.97 Å². The molecule has 4 heterocycles. The molecule has 7 nitrogen and oxygen atoms in total. The Morgan fingerprint density at radius 2 is 1.87 bits per heavy atom. The first-order chi connectivity index (χ1) is 14.5. The van der Waals surface area contributed by atoms with Gasteiger partial charge in [-0.05, 0) is 36.8 Å². The number of nitrogens with zero attached hydrogens (tertiary/aromatic N) is 5. The molecule has 0 amide bonds. The topological polar surface area (TPSA) is 79.1 Å². The van der Waals surface area contributed by atoms with E-state index in [2.05, 4.69) is 29.2 Å². The number of aromatic nitrogens is 4. The minimum Gasteiger partial charge on any atom is -0.507 e. The number of pyridine rings is 2. The summed E-state index contributed by atoms with van der Waals surface area (Å²) in [7, 11) is 1.87. The van der Waals surface area contributed by atoms with Crippen molar-refractivity contribution in [1.82, 2.24) is 25.1 Å². The van der Waals surface area contributed by atoms with E-state index in [0.717, 1.165) is 53.0 Å². The van der Waals surface area contributed by atoms with Crippen molar-refractivity contribution in [2.75, 3.05) is 18.0 Å². The first-order valence-corrected chi connectivity index (χ1v) is 10.4. The molecule has 5 rings (SSSR count). The number of phenols is 1. The third-order valence-electron chi connectivity index (χ3n) is 5.62. The third-order valence-corrected chi connectivity index (χ3v) is 5.62. The molecular weight excluding hydrogens is 376 g/mol. The molecule has 4 aromatic rings. The lowest BCUT2D eigenvalue weighted by atomic mass is 10.1. The predicted molar refractivity (Wildman–Crippen MR) is 120 cm³/mol. The molecule has 0 unspecified atom stereocenters. The van der Waals surface area contributed by atoms with Crippen LogP contribution in [0, 0.1) is 0 Å². The van der Waals surface area contributed by atoms with Crippen molar-refractivity contribution in [3.05, 3.63) is 42.6 Å². The SMILES string of the molecule is CC(C)N[C@@H]1CCN(c2ccc3nc(-c4cc5cn(C)nc5cc4O)ccc3n2)C1. The quantitative estimate of drug-likeness (QED) is 0.544. The van der Waals surface area contributed by atoms with Crippen molar-refractivity contribution in [2.24, 2.45) is 7.05 Å². The van der Waals surface area contributed by atoms with Crippen LogP contribution in [0.1, 0.15) is 20.3 Å². The number of nitrogens with one attached hydrogen (secondary N) is 1. The summed E-state index contributed by atoms with van der Waals surface area (Å²) in [5.41, 5.74) is 3.87. The van der Waals surface area contributed by atoms with Crippen LogP contribution in [0.5, 0.6) is 5.75 Å². The number of aryl methyl sites for hydroxylation is 1. The minimum absolute atomic E-state index is 0.179. The van der Waals surface area contributed by atoms with Crippen LogP contribution in [-0.2, 0) is 7.05 Å². The Labute approximate surface area is 175 Å². The van der Waals surface area contributed by atoms with Gasteiger partial charge in [-0.3, -0.25) is 4.68 Å². The highest BCUT2D eigenvalue weighted by Crippen LogP contribution is 2.33. The fourth-order valence-corrected chi connectivity index (χ4v) is 4.29. The average Bonchev–Trinajstić information content (AvgIpc) is 3.31. The summed E-state index contributed by atoms with van der Waals surface area (Å²) in [6.07, 6.45) is 3.07. The molecule has 3 aromatic heterocycles. The van der Waals surface area contributed by atoms with Gasteiger partial charge in [0.2, 0.25) is 0 Å². The van der Waals surface area contributed by atoms with Gasteiger partial charge < -0.3 is 15.3 Å². The molecule has 30 heavy (non-hydrogen) atoms. The Morgan fingerprint density at radius 3 is 2.70 bits per heavy atom. The zero-order valence-corrected chi connectivity index (χ0v) is 17.5. The molecule has 1 aliphatic heterocycles. The van der Waals surface area contributed by atoms with Crippen molar-refractivity contribution < 1.29 is 5.11 Å². The first-order valence-electron chi connectivity index (χ1n) is 10.4. The van der Waals surface area contributed by atoms with E-state index in [9.17, 15) is 5.11 Å². The normalized spacial score (nSPS) is 16.9. The lowest BCUT2D eigenvalue weighted by molar-refractivity contribution is 0.478. The summed E-state index contributed by atoms with van der Waals surface area (Å²) in [5.74, 6) is 1.17. The zero-order valence-electron chi connectivity index (χ0n) is 17.5. The maximum Gasteiger partial charge on any atom is 0.129 e. The summed E-state index contributed by atoms with van der Waals surface area (Å²) in [5, 5.41) is 19.4. The Bertz CT molecular complexity index is 1230. The molecule has 1 aliphatic rings. The molecule has 154 valence electrons. The average molecular weight is 403 g/mol. The smallest absolute Gasteiger partial charge is 0.129 e. The molecule has 1 fully saturated rings. The zero-order chi connectivity index (χ0) is 20.8. The van der Waals surface area contributed by atoms with Gasteiger partial charge in [0.25, 0.3) is 0 Å². The summed E-state index contributed by atoms with van der Waals surface area (Å²) < 4.78 is 1.74. The van der Waals surface area contributed by atoms with E-state index in [1.165, 1.54) is 0 Å². The van der Waals surface area contributed by atoms with Gasteiger partial charge in [0.1, 0.15) is 11.6 Å². The van der Waals surface area contributed by atoms with Crippen molar-refractivity contribution in [3.8, 4) is 17.0 Å². The molecule has 0 aliphatic carbocycles. The second-order valence-electron chi connectivity index (χ2n) is 8.39. The van der Waals surface area contributed by atoms with E-state index >= 15 is 0 Å². The van der Waals surface area contributed by atoms with Crippen molar-refractivity contribution in [1.29, 1.82) is 0 Å². The van der Waals surface area contributed by atoms with Crippen molar-refractivity contribution in [2.45, 2.75) is 32.4 Å². The lowest BCUT2D eigenvalue weighted by Crippen LogP contribution is -2.37. The van der Waals surface area contributed by atoms with Crippen LogP contribution in [-0.4, -0.2) is 50.0 Å². The van der Waals surface area contributed by atoms with Gasteiger partial charge in [0.05, 0.1) is 22.2 Å². The molecule has 7 heteroatoms. The Balaban J connectivity index is 1.45. The maximum absolute atomic E-state index is 10.5. The molecule has 1 aromatic carbocycles.